The minimum atomic E-state index is -0.687. The Labute approximate surface area is 278 Å². The molecule has 1 aromatic heterocycles. The van der Waals surface area contributed by atoms with Gasteiger partial charge in [-0.2, -0.15) is 0 Å². The fourth-order valence-electron chi connectivity index (χ4n) is 7.79. The lowest BCUT2D eigenvalue weighted by Gasteiger charge is -2.43. The Kier molecular flexibility index (Phi) is 8.63. The number of hydrogen-bond acceptors (Lipinski definition) is 8. The van der Waals surface area contributed by atoms with Crippen LogP contribution in [-0.4, -0.2) is 93.5 Å². The van der Waals surface area contributed by atoms with E-state index < -0.39 is 29.7 Å². The SMILES string of the molecule is CNC(=O)[C@H]1CCCC[C@H]1C(=O)N1CCc2cccc(OC3CCN(C(=O)c4cncnc4)C3)c2[C@H]1CN1C(=O)c2ccccc2C1=O. The zero-order valence-corrected chi connectivity index (χ0v) is 26.8. The number of hydrogen-bond donors (Lipinski definition) is 1. The summed E-state index contributed by atoms with van der Waals surface area (Å²) in [6, 6.07) is 11.8. The Morgan fingerprint density at radius 3 is 2.31 bits per heavy atom. The number of benzene rings is 2. The molecule has 0 radical (unpaired) electrons. The fourth-order valence-corrected chi connectivity index (χ4v) is 7.79. The second-order valence-electron chi connectivity index (χ2n) is 12.9. The largest absolute Gasteiger partial charge is 0.488 e. The van der Waals surface area contributed by atoms with Gasteiger partial charge in [0, 0.05) is 56.4 Å². The average Bonchev–Trinajstić information content (AvgIpc) is 3.69. The number of aromatic nitrogens is 2. The van der Waals surface area contributed by atoms with Crippen molar-refractivity contribution in [2.75, 3.05) is 33.2 Å². The number of rotatable bonds is 7. The third-order valence-electron chi connectivity index (χ3n) is 10.2. The molecule has 12 nitrogen and oxygen atoms in total. The van der Waals surface area contributed by atoms with E-state index in [-0.39, 0.29) is 30.4 Å². The summed E-state index contributed by atoms with van der Waals surface area (Å²) in [5, 5.41) is 2.74. The zero-order valence-electron chi connectivity index (χ0n) is 26.8. The highest BCUT2D eigenvalue weighted by Crippen LogP contribution is 2.42. The molecule has 248 valence electrons. The minimum absolute atomic E-state index is 0.0495. The molecular weight excluding hydrogens is 612 g/mol. The molecule has 4 atom stereocenters. The smallest absolute Gasteiger partial charge is 0.261 e. The maximum atomic E-state index is 14.5. The molecular formula is C36H38N6O6. The number of carbonyl (C=O) groups excluding carboxylic acids is 5. The van der Waals surface area contributed by atoms with Gasteiger partial charge in [0.15, 0.2) is 0 Å². The quantitative estimate of drug-likeness (QED) is 0.385. The van der Waals surface area contributed by atoms with Gasteiger partial charge in [0.1, 0.15) is 18.2 Å². The van der Waals surface area contributed by atoms with E-state index in [4.69, 9.17) is 4.74 Å². The number of carbonyl (C=O) groups is 5. The molecule has 1 saturated carbocycles. The van der Waals surface area contributed by atoms with Gasteiger partial charge in [0.25, 0.3) is 17.7 Å². The summed E-state index contributed by atoms with van der Waals surface area (Å²) in [6.45, 7) is 1.19. The monoisotopic (exact) mass is 650 g/mol. The van der Waals surface area contributed by atoms with Crippen molar-refractivity contribution in [3.8, 4) is 5.75 Å². The summed E-state index contributed by atoms with van der Waals surface area (Å²) in [5.41, 5.74) is 2.81. The molecule has 0 bridgehead atoms. The molecule has 3 aromatic rings. The van der Waals surface area contributed by atoms with E-state index in [0.717, 1.165) is 24.0 Å². The van der Waals surface area contributed by atoms with Gasteiger partial charge < -0.3 is 19.9 Å². The van der Waals surface area contributed by atoms with Crippen molar-refractivity contribution >= 4 is 29.5 Å². The molecule has 3 aliphatic heterocycles. The van der Waals surface area contributed by atoms with Crippen molar-refractivity contribution in [1.82, 2.24) is 30.0 Å². The van der Waals surface area contributed by atoms with Crippen LogP contribution in [0.4, 0.5) is 0 Å². The maximum Gasteiger partial charge on any atom is 0.261 e. The van der Waals surface area contributed by atoms with E-state index in [0.29, 0.717) is 67.8 Å². The Hall–Kier alpha value is -5.13. The van der Waals surface area contributed by atoms with Crippen LogP contribution in [-0.2, 0) is 16.0 Å². The highest BCUT2D eigenvalue weighted by Gasteiger charge is 2.45. The summed E-state index contributed by atoms with van der Waals surface area (Å²) < 4.78 is 6.63. The van der Waals surface area contributed by atoms with Crippen LogP contribution in [0.1, 0.15) is 80.3 Å². The molecule has 2 aromatic carbocycles. The first-order valence-corrected chi connectivity index (χ1v) is 16.7. The van der Waals surface area contributed by atoms with E-state index in [1.807, 2.05) is 18.2 Å². The second-order valence-corrected chi connectivity index (χ2v) is 12.9. The number of nitrogens with one attached hydrogen (secondary N) is 1. The topological polar surface area (TPSA) is 142 Å². The van der Waals surface area contributed by atoms with Gasteiger partial charge in [-0.3, -0.25) is 28.9 Å². The van der Waals surface area contributed by atoms with Gasteiger partial charge in [-0.15, -0.1) is 0 Å². The van der Waals surface area contributed by atoms with Crippen molar-refractivity contribution in [2.24, 2.45) is 11.8 Å². The van der Waals surface area contributed by atoms with Gasteiger partial charge in [0.2, 0.25) is 11.8 Å². The van der Waals surface area contributed by atoms with Crippen molar-refractivity contribution < 1.29 is 28.7 Å². The number of amides is 5. The zero-order chi connectivity index (χ0) is 33.4. The lowest BCUT2D eigenvalue weighted by Crippen LogP contribution is -2.51. The molecule has 2 fully saturated rings. The minimum Gasteiger partial charge on any atom is -0.488 e. The van der Waals surface area contributed by atoms with Gasteiger partial charge in [-0.1, -0.05) is 37.1 Å². The van der Waals surface area contributed by atoms with Gasteiger partial charge in [-0.05, 0) is 43.0 Å². The van der Waals surface area contributed by atoms with Crippen LogP contribution in [0.5, 0.6) is 5.75 Å². The molecule has 1 saturated heterocycles. The average molecular weight is 651 g/mol. The van der Waals surface area contributed by atoms with Crippen molar-refractivity contribution in [1.29, 1.82) is 0 Å². The third kappa shape index (κ3) is 5.69. The predicted octanol–water partition coefficient (Wildman–Crippen LogP) is 3.04. The first kappa shape index (κ1) is 31.5. The number of imide groups is 1. The highest BCUT2D eigenvalue weighted by atomic mass is 16.5. The normalized spacial score (nSPS) is 23.5. The van der Waals surface area contributed by atoms with E-state index in [9.17, 15) is 24.0 Å². The predicted molar refractivity (Wildman–Crippen MR) is 173 cm³/mol. The molecule has 1 unspecified atom stereocenters. The Balaban J connectivity index is 1.21. The van der Waals surface area contributed by atoms with Crippen molar-refractivity contribution in [3.05, 3.63) is 89.0 Å². The molecule has 4 aliphatic rings. The highest BCUT2D eigenvalue weighted by molar-refractivity contribution is 6.21. The van der Waals surface area contributed by atoms with Crippen molar-refractivity contribution in [3.63, 3.8) is 0 Å². The number of nitrogens with zero attached hydrogens (tertiary/aromatic N) is 5. The third-order valence-corrected chi connectivity index (χ3v) is 10.2. The molecule has 1 N–H and O–H groups in total. The van der Waals surface area contributed by atoms with Gasteiger partial charge in [0.05, 0.1) is 35.8 Å². The summed E-state index contributed by atoms with van der Waals surface area (Å²) in [4.78, 5) is 80.4. The van der Waals surface area contributed by atoms with Crippen LogP contribution in [0.2, 0.25) is 0 Å². The van der Waals surface area contributed by atoms with E-state index in [1.165, 1.54) is 23.6 Å². The molecule has 7 rings (SSSR count). The van der Waals surface area contributed by atoms with Crippen LogP contribution in [0, 0.1) is 11.8 Å². The van der Waals surface area contributed by atoms with E-state index in [1.54, 1.807) is 41.1 Å². The lowest BCUT2D eigenvalue weighted by molar-refractivity contribution is -0.146. The van der Waals surface area contributed by atoms with Crippen LogP contribution in [0.3, 0.4) is 0 Å². The van der Waals surface area contributed by atoms with Gasteiger partial charge >= 0.3 is 0 Å². The Morgan fingerprint density at radius 2 is 1.60 bits per heavy atom. The van der Waals surface area contributed by atoms with Crippen LogP contribution in [0.15, 0.2) is 61.2 Å². The van der Waals surface area contributed by atoms with Gasteiger partial charge in [-0.25, -0.2) is 9.97 Å². The number of ether oxygens (including phenoxy) is 1. The molecule has 0 spiro atoms. The summed E-state index contributed by atoms with van der Waals surface area (Å²) in [6.07, 6.45) is 8.15. The first-order chi connectivity index (χ1) is 23.4. The Bertz CT molecular complexity index is 1730. The number of fused-ring (bicyclic) bond motifs is 2. The standard InChI is InChI=1S/C36H38N6O6/c1-37-32(43)25-8-2-3-9-26(25)34(45)41-16-13-22-7-6-12-30(48-24-14-15-40(19-24)33(44)23-17-38-21-39-18-23)31(22)29(41)20-42-35(46)27-10-4-5-11-28(27)36(42)47/h4-7,10-12,17-18,21,24-26,29H,2-3,8-9,13-16,19-20H2,1H3,(H,37,43)/t24?,25-,26+,29+/m0/s1. The van der Waals surface area contributed by atoms with Crippen LogP contribution >= 0.6 is 0 Å². The van der Waals surface area contributed by atoms with Crippen LogP contribution in [0.25, 0.3) is 0 Å². The molecule has 12 heteroatoms. The molecule has 48 heavy (non-hydrogen) atoms. The lowest BCUT2D eigenvalue weighted by atomic mass is 9.77. The van der Waals surface area contributed by atoms with Crippen LogP contribution < -0.4 is 10.1 Å². The fraction of sp³-hybridized carbons (Fsp3) is 0.417. The summed E-state index contributed by atoms with van der Waals surface area (Å²) >= 11 is 0. The maximum absolute atomic E-state index is 14.5. The Morgan fingerprint density at radius 1 is 0.896 bits per heavy atom. The molecule has 4 heterocycles. The van der Waals surface area contributed by atoms with E-state index in [2.05, 4.69) is 15.3 Å². The molecule has 1 aliphatic carbocycles. The van der Waals surface area contributed by atoms with E-state index >= 15 is 0 Å². The summed E-state index contributed by atoms with van der Waals surface area (Å²) in [7, 11) is 1.59. The summed E-state index contributed by atoms with van der Waals surface area (Å²) in [5.74, 6) is -1.65. The first-order valence-electron chi connectivity index (χ1n) is 16.7. The van der Waals surface area contributed by atoms with Crippen molar-refractivity contribution in [2.45, 2.75) is 50.7 Å². The number of likely N-dealkylation sites (tertiary alicyclic amines) is 1. The molecule has 5 amide bonds. The second kappa shape index (κ2) is 13.2.